The van der Waals surface area contributed by atoms with Crippen LogP contribution in [0.25, 0.3) is 10.8 Å². The molecule has 1 amide bonds. The maximum Gasteiger partial charge on any atom is 0.275 e. The molecular weight excluding hydrogens is 394 g/mol. The number of aromatic nitrogens is 2. The minimum Gasteiger partial charge on any atom is -0.332 e. The summed E-state index contributed by atoms with van der Waals surface area (Å²) in [5.74, 6) is -0.163. The highest BCUT2D eigenvalue weighted by molar-refractivity contribution is 7.11. The number of rotatable bonds is 6. The topological polar surface area (TPSA) is 55.2 Å². The van der Waals surface area contributed by atoms with Crippen LogP contribution in [0.1, 0.15) is 25.8 Å². The molecule has 4 aromatic rings. The second-order valence-electron chi connectivity index (χ2n) is 7.30. The standard InChI is InChI=1S/C24H23N3O2S/c1-17-12-13-19(30-17)16-27(15-14-18-8-4-3-5-9-18)24(29)22-20-10-6-7-11-21(20)23(28)26(2)25-22/h3-13H,14-16H2,1-2H3. The average Bonchev–Trinajstić information content (AvgIpc) is 3.18. The number of nitrogens with zero attached hydrogens (tertiary/aromatic N) is 3. The zero-order valence-electron chi connectivity index (χ0n) is 17.0. The maximum absolute atomic E-state index is 13.6. The largest absolute Gasteiger partial charge is 0.332 e. The van der Waals surface area contributed by atoms with E-state index in [1.165, 1.54) is 15.1 Å². The van der Waals surface area contributed by atoms with Gasteiger partial charge in [0.1, 0.15) is 0 Å². The Hall–Kier alpha value is -3.25. The van der Waals surface area contributed by atoms with Gasteiger partial charge in [0.05, 0.1) is 11.9 Å². The summed E-state index contributed by atoms with van der Waals surface area (Å²) in [5, 5.41) is 5.44. The number of benzene rings is 2. The molecule has 0 aliphatic rings. The quantitative estimate of drug-likeness (QED) is 0.473. The summed E-state index contributed by atoms with van der Waals surface area (Å²) in [6.45, 7) is 3.15. The van der Waals surface area contributed by atoms with Crippen LogP contribution in [-0.2, 0) is 20.0 Å². The lowest BCUT2D eigenvalue weighted by Crippen LogP contribution is -2.35. The molecule has 5 nitrogen and oxygen atoms in total. The Morgan fingerprint density at radius 3 is 2.40 bits per heavy atom. The van der Waals surface area contributed by atoms with Crippen molar-refractivity contribution < 1.29 is 4.79 Å². The lowest BCUT2D eigenvalue weighted by molar-refractivity contribution is 0.0740. The molecule has 2 aromatic heterocycles. The van der Waals surface area contributed by atoms with E-state index in [2.05, 4.69) is 36.3 Å². The van der Waals surface area contributed by atoms with Crippen molar-refractivity contribution in [3.8, 4) is 0 Å². The first-order chi connectivity index (χ1) is 14.5. The minimum absolute atomic E-state index is 0.163. The Morgan fingerprint density at radius 1 is 1.00 bits per heavy atom. The fourth-order valence-corrected chi connectivity index (χ4v) is 4.43. The van der Waals surface area contributed by atoms with Crippen LogP contribution in [0.15, 0.2) is 71.5 Å². The van der Waals surface area contributed by atoms with Crippen LogP contribution in [0.2, 0.25) is 0 Å². The van der Waals surface area contributed by atoms with Gasteiger partial charge >= 0.3 is 0 Å². The fraction of sp³-hybridized carbons (Fsp3) is 0.208. The molecule has 0 radical (unpaired) electrons. The van der Waals surface area contributed by atoms with Crippen LogP contribution in [0, 0.1) is 6.92 Å². The number of carbonyl (C=O) groups is 1. The van der Waals surface area contributed by atoms with Crippen molar-refractivity contribution in [2.24, 2.45) is 7.05 Å². The van der Waals surface area contributed by atoms with Crippen molar-refractivity contribution in [2.75, 3.05) is 6.54 Å². The second-order valence-corrected chi connectivity index (χ2v) is 8.67. The number of aryl methyl sites for hydroxylation is 2. The van der Waals surface area contributed by atoms with Crippen LogP contribution in [-0.4, -0.2) is 27.1 Å². The number of thiophene rings is 1. The van der Waals surface area contributed by atoms with E-state index in [4.69, 9.17) is 0 Å². The molecule has 0 N–H and O–H groups in total. The molecule has 0 aliphatic carbocycles. The molecule has 152 valence electrons. The van der Waals surface area contributed by atoms with E-state index in [9.17, 15) is 9.59 Å². The van der Waals surface area contributed by atoms with Crippen LogP contribution >= 0.6 is 11.3 Å². The van der Waals surface area contributed by atoms with Gasteiger partial charge in [-0.1, -0.05) is 48.5 Å². The summed E-state index contributed by atoms with van der Waals surface area (Å²) in [7, 11) is 1.59. The van der Waals surface area contributed by atoms with Gasteiger partial charge in [-0.15, -0.1) is 11.3 Å². The van der Waals surface area contributed by atoms with Crippen molar-refractivity contribution in [2.45, 2.75) is 19.9 Å². The predicted molar refractivity (Wildman–Crippen MR) is 121 cm³/mol. The first kappa shape index (κ1) is 20.0. The number of hydrogen-bond acceptors (Lipinski definition) is 4. The fourth-order valence-electron chi connectivity index (χ4n) is 3.53. The van der Waals surface area contributed by atoms with Gasteiger partial charge in [0.25, 0.3) is 11.5 Å². The molecule has 0 atom stereocenters. The van der Waals surface area contributed by atoms with Crippen molar-refractivity contribution >= 4 is 28.0 Å². The number of amides is 1. The summed E-state index contributed by atoms with van der Waals surface area (Å²) in [5.41, 5.74) is 1.29. The Kier molecular flexibility index (Phi) is 5.77. The SMILES string of the molecule is Cc1ccc(CN(CCc2ccccc2)C(=O)c2nn(C)c(=O)c3ccccc23)s1. The van der Waals surface area contributed by atoms with Crippen LogP contribution < -0.4 is 5.56 Å². The van der Waals surface area contributed by atoms with Crippen LogP contribution in [0.3, 0.4) is 0 Å². The smallest absolute Gasteiger partial charge is 0.275 e. The van der Waals surface area contributed by atoms with Crippen LogP contribution in [0.5, 0.6) is 0 Å². The Balaban J connectivity index is 1.70. The van der Waals surface area contributed by atoms with E-state index in [1.807, 2.05) is 29.2 Å². The molecule has 6 heteroatoms. The number of carbonyl (C=O) groups excluding carboxylic acids is 1. The second kappa shape index (κ2) is 8.63. The van der Waals surface area contributed by atoms with E-state index >= 15 is 0 Å². The zero-order valence-corrected chi connectivity index (χ0v) is 17.9. The molecule has 4 rings (SSSR count). The van der Waals surface area contributed by atoms with Gasteiger partial charge in [-0.25, -0.2) is 4.68 Å². The van der Waals surface area contributed by atoms with Crippen molar-refractivity contribution in [1.29, 1.82) is 0 Å². The molecule has 30 heavy (non-hydrogen) atoms. The maximum atomic E-state index is 13.6. The summed E-state index contributed by atoms with van der Waals surface area (Å²) in [6, 6.07) is 21.4. The lowest BCUT2D eigenvalue weighted by atomic mass is 10.1. The highest BCUT2D eigenvalue weighted by Crippen LogP contribution is 2.21. The van der Waals surface area contributed by atoms with Gasteiger partial charge in [0, 0.05) is 28.7 Å². The molecule has 0 aliphatic heterocycles. The van der Waals surface area contributed by atoms with Gasteiger partial charge in [0.2, 0.25) is 0 Å². The van der Waals surface area contributed by atoms with Gasteiger partial charge in [-0.2, -0.15) is 5.10 Å². The third-order valence-corrected chi connectivity index (χ3v) is 6.09. The van der Waals surface area contributed by atoms with E-state index in [1.54, 1.807) is 36.6 Å². The molecular formula is C24H23N3O2S. The van der Waals surface area contributed by atoms with E-state index in [0.29, 0.717) is 29.6 Å². The van der Waals surface area contributed by atoms with Crippen molar-refractivity contribution in [1.82, 2.24) is 14.7 Å². The highest BCUT2D eigenvalue weighted by Gasteiger charge is 2.22. The molecule has 0 fully saturated rings. The minimum atomic E-state index is -0.202. The van der Waals surface area contributed by atoms with Crippen LogP contribution in [0.4, 0.5) is 0 Å². The number of hydrogen-bond donors (Lipinski definition) is 0. The highest BCUT2D eigenvalue weighted by atomic mass is 32.1. The normalized spacial score (nSPS) is 11.0. The zero-order chi connectivity index (χ0) is 21.1. The Morgan fingerprint density at radius 2 is 1.70 bits per heavy atom. The Labute approximate surface area is 179 Å². The van der Waals surface area contributed by atoms with E-state index < -0.39 is 0 Å². The van der Waals surface area contributed by atoms with Crippen molar-refractivity contribution in [3.05, 3.63) is 98.1 Å². The van der Waals surface area contributed by atoms with Crippen molar-refractivity contribution in [3.63, 3.8) is 0 Å². The molecule has 0 bridgehead atoms. The van der Waals surface area contributed by atoms with Gasteiger partial charge in [-0.3, -0.25) is 9.59 Å². The molecule has 0 saturated carbocycles. The molecule has 0 spiro atoms. The molecule has 2 heterocycles. The summed E-state index contributed by atoms with van der Waals surface area (Å²) >= 11 is 1.69. The summed E-state index contributed by atoms with van der Waals surface area (Å²) < 4.78 is 1.25. The van der Waals surface area contributed by atoms with Gasteiger partial charge in [-0.05, 0) is 37.1 Å². The lowest BCUT2D eigenvalue weighted by Gasteiger charge is -2.23. The Bertz CT molecular complexity index is 1240. The average molecular weight is 418 g/mol. The first-order valence-electron chi connectivity index (χ1n) is 9.87. The first-order valence-corrected chi connectivity index (χ1v) is 10.7. The third kappa shape index (κ3) is 4.19. The third-order valence-electron chi connectivity index (χ3n) is 5.10. The number of fused-ring (bicyclic) bond motifs is 1. The van der Waals surface area contributed by atoms with Gasteiger partial charge < -0.3 is 4.90 Å². The molecule has 2 aromatic carbocycles. The predicted octanol–water partition coefficient (Wildman–Crippen LogP) is 4.19. The van der Waals surface area contributed by atoms with E-state index in [-0.39, 0.29) is 11.5 Å². The monoisotopic (exact) mass is 417 g/mol. The van der Waals surface area contributed by atoms with Gasteiger partial charge in [0.15, 0.2) is 5.69 Å². The molecule has 0 saturated heterocycles. The molecule has 0 unspecified atom stereocenters. The summed E-state index contributed by atoms with van der Waals surface area (Å²) in [6.07, 6.45) is 0.751. The van der Waals surface area contributed by atoms with E-state index in [0.717, 1.165) is 11.3 Å². The summed E-state index contributed by atoms with van der Waals surface area (Å²) in [4.78, 5) is 30.2.